The molecule has 0 radical (unpaired) electrons. The van der Waals surface area contributed by atoms with Gasteiger partial charge in [-0.1, -0.05) is 39.7 Å². The van der Waals surface area contributed by atoms with Crippen LogP contribution in [0.2, 0.25) is 0 Å². The summed E-state index contributed by atoms with van der Waals surface area (Å²) in [4.78, 5) is 17.0. The van der Waals surface area contributed by atoms with E-state index in [1.54, 1.807) is 12.1 Å². The van der Waals surface area contributed by atoms with E-state index < -0.39 is 0 Å². The average Bonchev–Trinajstić information content (AvgIpc) is 2.85. The first-order valence-electron chi connectivity index (χ1n) is 7.24. The zero-order valence-electron chi connectivity index (χ0n) is 13.1. The number of carbonyl (C=O) groups is 1. The molecule has 1 N–H and O–H groups in total. The molecule has 1 heterocycles. The molecule has 6 heteroatoms. The third kappa shape index (κ3) is 3.76. The zero-order chi connectivity index (χ0) is 17.3. The van der Waals surface area contributed by atoms with Crippen LogP contribution >= 0.6 is 27.7 Å². The number of thioether (sulfide) groups is 1. The van der Waals surface area contributed by atoms with Gasteiger partial charge in [-0.15, -0.1) is 0 Å². The highest BCUT2D eigenvalue weighted by Crippen LogP contribution is 2.30. The van der Waals surface area contributed by atoms with Gasteiger partial charge in [-0.2, -0.15) is 0 Å². The van der Waals surface area contributed by atoms with E-state index in [1.807, 2.05) is 32.0 Å². The van der Waals surface area contributed by atoms with Crippen LogP contribution in [0.15, 0.2) is 50.8 Å². The summed E-state index contributed by atoms with van der Waals surface area (Å²) in [5.74, 6) is -0.657. The number of nitrogens with zero attached hydrogens (tertiary/aromatic N) is 1. The van der Waals surface area contributed by atoms with Crippen LogP contribution in [0.1, 0.15) is 16.7 Å². The van der Waals surface area contributed by atoms with Crippen molar-refractivity contribution in [1.82, 2.24) is 5.32 Å². The predicted octanol–water partition coefficient (Wildman–Crippen LogP) is 5.10. The van der Waals surface area contributed by atoms with Gasteiger partial charge in [0.25, 0.3) is 5.91 Å². The second-order valence-corrected chi connectivity index (χ2v) is 7.38. The Morgan fingerprint density at radius 3 is 2.71 bits per heavy atom. The number of amides is 1. The number of aryl methyl sites for hydroxylation is 2. The molecule has 1 fully saturated rings. The summed E-state index contributed by atoms with van der Waals surface area (Å²) in [5.41, 5.74) is 3.36. The van der Waals surface area contributed by atoms with Crippen molar-refractivity contribution in [2.45, 2.75) is 13.8 Å². The van der Waals surface area contributed by atoms with Gasteiger partial charge >= 0.3 is 0 Å². The Morgan fingerprint density at radius 2 is 2.00 bits per heavy atom. The minimum atomic E-state index is -0.384. The first-order chi connectivity index (χ1) is 11.4. The minimum absolute atomic E-state index is 0.272. The van der Waals surface area contributed by atoms with Crippen LogP contribution in [-0.2, 0) is 4.79 Å². The van der Waals surface area contributed by atoms with Gasteiger partial charge in [0.1, 0.15) is 5.82 Å². The summed E-state index contributed by atoms with van der Waals surface area (Å²) >= 11 is 4.42. The van der Waals surface area contributed by atoms with E-state index in [-0.39, 0.29) is 11.7 Å². The molecule has 1 aliphatic heterocycles. The van der Waals surface area contributed by atoms with E-state index in [0.717, 1.165) is 16.8 Å². The van der Waals surface area contributed by atoms with Gasteiger partial charge < -0.3 is 5.32 Å². The lowest BCUT2D eigenvalue weighted by atomic mass is 10.1. The van der Waals surface area contributed by atoms with Crippen LogP contribution < -0.4 is 5.32 Å². The molecule has 2 aromatic carbocycles. The van der Waals surface area contributed by atoms with E-state index >= 15 is 0 Å². The van der Waals surface area contributed by atoms with Crippen molar-refractivity contribution in [3.05, 3.63) is 68.3 Å². The van der Waals surface area contributed by atoms with Gasteiger partial charge in [-0.3, -0.25) is 4.79 Å². The van der Waals surface area contributed by atoms with E-state index in [0.29, 0.717) is 20.1 Å². The Kier molecular flexibility index (Phi) is 4.87. The number of hydrogen-bond acceptors (Lipinski definition) is 3. The fraction of sp³-hybridized carbons (Fsp3) is 0.111. The Balaban J connectivity index is 1.88. The molecule has 3 nitrogen and oxygen atoms in total. The van der Waals surface area contributed by atoms with Gasteiger partial charge in [0.2, 0.25) is 0 Å². The van der Waals surface area contributed by atoms with Crippen LogP contribution in [0.5, 0.6) is 0 Å². The third-order valence-corrected chi connectivity index (χ3v) is 4.88. The maximum Gasteiger partial charge on any atom is 0.264 e. The van der Waals surface area contributed by atoms with Gasteiger partial charge in [0.05, 0.1) is 10.6 Å². The highest BCUT2D eigenvalue weighted by Gasteiger charge is 2.24. The van der Waals surface area contributed by atoms with Crippen molar-refractivity contribution in [3.8, 4) is 0 Å². The van der Waals surface area contributed by atoms with Crippen LogP contribution in [0.25, 0.3) is 6.08 Å². The summed E-state index contributed by atoms with van der Waals surface area (Å²) < 4.78 is 14.6. The molecular weight excluding hydrogens is 391 g/mol. The average molecular weight is 405 g/mol. The Hall–Kier alpha value is -1.92. The second-order valence-electron chi connectivity index (χ2n) is 5.44. The number of nitrogens with one attached hydrogen (secondary N) is 1. The third-order valence-electron chi connectivity index (χ3n) is 3.47. The summed E-state index contributed by atoms with van der Waals surface area (Å²) in [6.07, 6.45) is 1.53. The fourth-order valence-corrected chi connectivity index (χ4v) is 3.44. The molecule has 0 saturated carbocycles. The van der Waals surface area contributed by atoms with E-state index in [2.05, 4.69) is 26.2 Å². The number of amidine groups is 1. The molecule has 0 spiro atoms. The standard InChI is InChI=1S/C18H14BrFN2OS/c1-10-3-6-15(11(2)7-10)21-18-22-17(23)16(24-18)8-12-4-5-13(19)9-14(12)20/h3-9H,1-2H3,(H,21,22,23). The van der Waals surface area contributed by atoms with Gasteiger partial charge in [0, 0.05) is 10.0 Å². The Bertz CT molecular complexity index is 893. The molecule has 1 aliphatic rings. The predicted molar refractivity (Wildman–Crippen MR) is 101 cm³/mol. The fourth-order valence-electron chi connectivity index (χ4n) is 2.28. The number of hydrogen-bond donors (Lipinski definition) is 1. The van der Waals surface area contributed by atoms with E-state index in [9.17, 15) is 9.18 Å². The lowest BCUT2D eigenvalue weighted by Crippen LogP contribution is -2.19. The zero-order valence-corrected chi connectivity index (χ0v) is 15.5. The van der Waals surface area contributed by atoms with Gasteiger partial charge in [0.15, 0.2) is 5.17 Å². The second kappa shape index (κ2) is 6.91. The molecule has 0 atom stereocenters. The Labute approximate surface area is 152 Å². The van der Waals surface area contributed by atoms with Crippen LogP contribution in [0, 0.1) is 19.7 Å². The summed E-state index contributed by atoms with van der Waals surface area (Å²) in [6, 6.07) is 10.7. The smallest absolute Gasteiger partial charge is 0.264 e. The molecule has 1 saturated heterocycles. The van der Waals surface area contributed by atoms with Crippen molar-refractivity contribution in [1.29, 1.82) is 0 Å². The van der Waals surface area contributed by atoms with Crippen molar-refractivity contribution < 1.29 is 9.18 Å². The van der Waals surface area contributed by atoms with Gasteiger partial charge in [-0.25, -0.2) is 9.38 Å². The first-order valence-corrected chi connectivity index (χ1v) is 8.85. The SMILES string of the molecule is Cc1ccc(N=C2NC(=O)C(=Cc3ccc(Br)cc3F)S2)c(C)c1. The maximum absolute atomic E-state index is 13.9. The Morgan fingerprint density at radius 1 is 1.21 bits per heavy atom. The topological polar surface area (TPSA) is 41.5 Å². The molecule has 0 aromatic heterocycles. The molecular formula is C18H14BrFN2OS. The van der Waals surface area contributed by atoms with Crippen LogP contribution in [0.3, 0.4) is 0 Å². The van der Waals surface area contributed by atoms with E-state index in [1.165, 1.54) is 23.9 Å². The highest BCUT2D eigenvalue weighted by atomic mass is 79.9. The number of halogens is 2. The van der Waals surface area contributed by atoms with Crippen molar-refractivity contribution in [2.24, 2.45) is 4.99 Å². The molecule has 0 unspecified atom stereocenters. The highest BCUT2D eigenvalue weighted by molar-refractivity contribution is 9.10. The maximum atomic E-state index is 13.9. The van der Waals surface area contributed by atoms with Gasteiger partial charge in [-0.05, 0) is 55.4 Å². The van der Waals surface area contributed by atoms with E-state index in [4.69, 9.17) is 0 Å². The number of carbonyl (C=O) groups excluding carboxylic acids is 1. The number of aliphatic imine (C=N–C) groups is 1. The largest absolute Gasteiger partial charge is 0.300 e. The van der Waals surface area contributed by atoms with Crippen LogP contribution in [-0.4, -0.2) is 11.1 Å². The number of rotatable bonds is 2. The number of benzene rings is 2. The molecule has 1 amide bonds. The normalized spacial score (nSPS) is 17.6. The van der Waals surface area contributed by atoms with Crippen LogP contribution in [0.4, 0.5) is 10.1 Å². The molecule has 0 bridgehead atoms. The quantitative estimate of drug-likeness (QED) is 0.707. The first kappa shape index (κ1) is 16.9. The van der Waals surface area contributed by atoms with Crippen molar-refractivity contribution in [3.63, 3.8) is 0 Å². The molecule has 122 valence electrons. The lowest BCUT2D eigenvalue weighted by molar-refractivity contribution is -0.115. The molecule has 2 aromatic rings. The summed E-state index contributed by atoms with van der Waals surface area (Å²) in [5, 5.41) is 3.22. The molecule has 0 aliphatic carbocycles. The molecule has 3 rings (SSSR count). The summed E-state index contributed by atoms with van der Waals surface area (Å²) in [6.45, 7) is 3.99. The minimum Gasteiger partial charge on any atom is -0.300 e. The monoisotopic (exact) mass is 404 g/mol. The van der Waals surface area contributed by atoms with Crippen molar-refractivity contribution in [2.75, 3.05) is 0 Å². The lowest BCUT2D eigenvalue weighted by Gasteiger charge is -2.02. The molecule has 24 heavy (non-hydrogen) atoms. The summed E-state index contributed by atoms with van der Waals surface area (Å²) in [7, 11) is 0. The van der Waals surface area contributed by atoms with Crippen molar-refractivity contribution >= 4 is 50.5 Å².